The van der Waals surface area contributed by atoms with Gasteiger partial charge in [-0.15, -0.1) is 0 Å². The zero-order valence-corrected chi connectivity index (χ0v) is 13.3. The lowest BCUT2D eigenvalue weighted by Gasteiger charge is -2.34. The van der Waals surface area contributed by atoms with E-state index in [0.29, 0.717) is 6.42 Å². The fourth-order valence-corrected chi connectivity index (χ4v) is 2.30. The molecule has 1 N–H and O–H groups in total. The smallest absolute Gasteiger partial charge is 0.313 e. The minimum Gasteiger partial charge on any atom is -0.313 e. The molecule has 0 aliphatic heterocycles. The van der Waals surface area contributed by atoms with Crippen LogP contribution in [0.25, 0.3) is 0 Å². The van der Waals surface area contributed by atoms with Crippen LogP contribution in [0.2, 0.25) is 0 Å². The standard InChI is InChI=1S/C17H26F3N/c1-5-10-21-15(16(3,4)6-2)12-13-8-7-9-14(11-13)17(18,19)20/h7-9,11,15,21H,5-6,10,12H2,1-4H3. The number of hydrogen-bond donors (Lipinski definition) is 1. The minimum atomic E-state index is -4.28. The summed E-state index contributed by atoms with van der Waals surface area (Å²) in [6.07, 6.45) is -1.67. The molecule has 0 heterocycles. The molecule has 0 aliphatic carbocycles. The minimum absolute atomic E-state index is 0.0450. The van der Waals surface area contributed by atoms with Crippen molar-refractivity contribution in [2.24, 2.45) is 5.41 Å². The van der Waals surface area contributed by atoms with E-state index in [0.717, 1.165) is 31.0 Å². The van der Waals surface area contributed by atoms with Crippen LogP contribution in [0, 0.1) is 5.41 Å². The molecule has 0 spiro atoms. The first-order chi connectivity index (χ1) is 9.70. The third-order valence-corrected chi connectivity index (χ3v) is 4.19. The van der Waals surface area contributed by atoms with Crippen LogP contribution in [0.1, 0.15) is 51.7 Å². The van der Waals surface area contributed by atoms with Gasteiger partial charge in [-0.2, -0.15) is 13.2 Å². The molecular formula is C17H26F3N. The average molecular weight is 301 g/mol. The van der Waals surface area contributed by atoms with Crippen molar-refractivity contribution in [3.8, 4) is 0 Å². The second-order valence-corrected chi connectivity index (χ2v) is 6.25. The largest absolute Gasteiger partial charge is 0.416 e. The monoisotopic (exact) mass is 301 g/mol. The zero-order chi connectivity index (χ0) is 16.1. The van der Waals surface area contributed by atoms with E-state index >= 15 is 0 Å². The molecule has 0 aromatic heterocycles. The summed E-state index contributed by atoms with van der Waals surface area (Å²) in [5.74, 6) is 0. The molecule has 0 saturated heterocycles. The van der Waals surface area contributed by atoms with E-state index in [1.807, 2.05) is 0 Å². The van der Waals surface area contributed by atoms with E-state index in [4.69, 9.17) is 0 Å². The highest BCUT2D eigenvalue weighted by Crippen LogP contribution is 2.31. The highest BCUT2D eigenvalue weighted by atomic mass is 19.4. The highest BCUT2D eigenvalue weighted by Gasteiger charge is 2.31. The predicted molar refractivity (Wildman–Crippen MR) is 81.3 cm³/mol. The molecule has 1 unspecified atom stereocenters. The molecule has 0 fully saturated rings. The molecule has 21 heavy (non-hydrogen) atoms. The van der Waals surface area contributed by atoms with Crippen molar-refractivity contribution in [1.82, 2.24) is 5.32 Å². The lowest BCUT2D eigenvalue weighted by atomic mass is 9.78. The second kappa shape index (κ2) is 7.30. The van der Waals surface area contributed by atoms with Crippen LogP contribution < -0.4 is 5.32 Å². The van der Waals surface area contributed by atoms with Crippen molar-refractivity contribution in [2.45, 2.75) is 59.2 Å². The predicted octanol–water partition coefficient (Wildman–Crippen LogP) is 5.05. The van der Waals surface area contributed by atoms with Gasteiger partial charge in [0.1, 0.15) is 0 Å². The Morgan fingerprint density at radius 1 is 1.14 bits per heavy atom. The van der Waals surface area contributed by atoms with E-state index in [1.165, 1.54) is 12.1 Å². The fourth-order valence-electron chi connectivity index (χ4n) is 2.30. The van der Waals surface area contributed by atoms with E-state index in [2.05, 4.69) is 33.0 Å². The Balaban J connectivity index is 2.93. The molecule has 1 atom stereocenters. The van der Waals surface area contributed by atoms with Gasteiger partial charge in [-0.25, -0.2) is 0 Å². The van der Waals surface area contributed by atoms with Crippen molar-refractivity contribution in [3.63, 3.8) is 0 Å². The Morgan fingerprint density at radius 2 is 1.81 bits per heavy atom. The maximum absolute atomic E-state index is 12.8. The summed E-state index contributed by atoms with van der Waals surface area (Å²) < 4.78 is 38.4. The number of nitrogens with one attached hydrogen (secondary N) is 1. The molecular weight excluding hydrogens is 275 g/mol. The van der Waals surface area contributed by atoms with Crippen LogP contribution in [-0.4, -0.2) is 12.6 Å². The Bertz CT molecular complexity index is 438. The van der Waals surface area contributed by atoms with Crippen molar-refractivity contribution >= 4 is 0 Å². The Labute approximate surface area is 125 Å². The maximum atomic E-state index is 12.8. The van der Waals surface area contributed by atoms with Gasteiger partial charge < -0.3 is 5.32 Å². The molecule has 1 nitrogen and oxygen atoms in total. The van der Waals surface area contributed by atoms with Crippen molar-refractivity contribution in [2.75, 3.05) is 6.54 Å². The molecule has 0 amide bonds. The number of rotatable bonds is 7. The van der Waals surface area contributed by atoms with Gasteiger partial charge in [-0.05, 0) is 42.9 Å². The van der Waals surface area contributed by atoms with Crippen LogP contribution in [-0.2, 0) is 12.6 Å². The summed E-state index contributed by atoms with van der Waals surface area (Å²) in [5.41, 5.74) is 0.215. The lowest BCUT2D eigenvalue weighted by Crippen LogP contribution is -2.43. The maximum Gasteiger partial charge on any atom is 0.416 e. The molecule has 1 aromatic carbocycles. The lowest BCUT2D eigenvalue weighted by molar-refractivity contribution is -0.137. The van der Waals surface area contributed by atoms with E-state index in [1.54, 1.807) is 6.07 Å². The molecule has 0 radical (unpaired) electrons. The number of halogens is 3. The molecule has 0 saturated carbocycles. The Kier molecular flexibility index (Phi) is 6.26. The first-order valence-electron chi connectivity index (χ1n) is 7.60. The van der Waals surface area contributed by atoms with Gasteiger partial charge in [0.25, 0.3) is 0 Å². The summed E-state index contributed by atoms with van der Waals surface area (Å²) >= 11 is 0. The van der Waals surface area contributed by atoms with Gasteiger partial charge >= 0.3 is 6.18 Å². The van der Waals surface area contributed by atoms with Crippen LogP contribution in [0.5, 0.6) is 0 Å². The van der Waals surface area contributed by atoms with Crippen molar-refractivity contribution < 1.29 is 13.2 Å². The number of benzene rings is 1. The summed E-state index contributed by atoms with van der Waals surface area (Å²) in [5, 5.41) is 3.49. The van der Waals surface area contributed by atoms with Gasteiger partial charge in [0.05, 0.1) is 5.56 Å². The topological polar surface area (TPSA) is 12.0 Å². The molecule has 120 valence electrons. The molecule has 4 heteroatoms. The van der Waals surface area contributed by atoms with Crippen LogP contribution >= 0.6 is 0 Å². The van der Waals surface area contributed by atoms with Crippen LogP contribution in [0.15, 0.2) is 24.3 Å². The first kappa shape index (κ1) is 18.0. The van der Waals surface area contributed by atoms with Gasteiger partial charge in [-0.3, -0.25) is 0 Å². The van der Waals surface area contributed by atoms with E-state index in [-0.39, 0.29) is 11.5 Å². The normalized spacial score (nSPS) is 14.2. The summed E-state index contributed by atoms with van der Waals surface area (Å²) in [4.78, 5) is 0. The van der Waals surface area contributed by atoms with Crippen LogP contribution in [0.3, 0.4) is 0 Å². The highest BCUT2D eigenvalue weighted by molar-refractivity contribution is 5.26. The quantitative estimate of drug-likeness (QED) is 0.743. The van der Waals surface area contributed by atoms with E-state index in [9.17, 15) is 13.2 Å². The van der Waals surface area contributed by atoms with Gasteiger partial charge in [0.15, 0.2) is 0 Å². The summed E-state index contributed by atoms with van der Waals surface area (Å²) in [6.45, 7) is 9.41. The van der Waals surface area contributed by atoms with Crippen molar-refractivity contribution in [1.29, 1.82) is 0 Å². The van der Waals surface area contributed by atoms with E-state index < -0.39 is 11.7 Å². The van der Waals surface area contributed by atoms with Gasteiger partial charge in [0.2, 0.25) is 0 Å². The molecule has 1 aromatic rings. The third-order valence-electron chi connectivity index (χ3n) is 4.19. The number of alkyl halides is 3. The average Bonchev–Trinajstić information content (AvgIpc) is 2.42. The SMILES string of the molecule is CCCNC(Cc1cccc(C(F)(F)F)c1)C(C)(C)CC. The molecule has 0 bridgehead atoms. The molecule has 1 rings (SSSR count). The Morgan fingerprint density at radius 3 is 2.33 bits per heavy atom. The van der Waals surface area contributed by atoms with Crippen LogP contribution in [0.4, 0.5) is 13.2 Å². The molecule has 0 aliphatic rings. The fraction of sp³-hybridized carbons (Fsp3) is 0.647. The number of hydrogen-bond acceptors (Lipinski definition) is 1. The summed E-state index contributed by atoms with van der Waals surface area (Å²) in [6, 6.07) is 5.84. The first-order valence-corrected chi connectivity index (χ1v) is 7.60. The van der Waals surface area contributed by atoms with Gasteiger partial charge in [0, 0.05) is 6.04 Å². The van der Waals surface area contributed by atoms with Crippen molar-refractivity contribution in [3.05, 3.63) is 35.4 Å². The summed E-state index contributed by atoms with van der Waals surface area (Å²) in [7, 11) is 0. The third kappa shape index (κ3) is 5.34. The second-order valence-electron chi connectivity index (χ2n) is 6.25. The zero-order valence-electron chi connectivity index (χ0n) is 13.3. The Hall–Kier alpha value is -1.03. The van der Waals surface area contributed by atoms with Gasteiger partial charge in [-0.1, -0.05) is 45.9 Å².